The monoisotopic (exact) mass is 666 g/mol. The van der Waals surface area contributed by atoms with E-state index in [1.165, 1.54) is 36.8 Å². The quantitative estimate of drug-likeness (QED) is 0.266. The third-order valence-corrected chi connectivity index (χ3v) is 15.9. The summed E-state index contributed by atoms with van der Waals surface area (Å²) in [7, 11) is 0. The Morgan fingerprint density at radius 3 is 2.29 bits per heavy atom. The summed E-state index contributed by atoms with van der Waals surface area (Å²) in [6.45, 7) is 23.4. The summed E-state index contributed by atoms with van der Waals surface area (Å²) in [5, 5.41) is 21.3. The fourth-order valence-corrected chi connectivity index (χ4v) is 13.4. The molecule has 0 aliphatic heterocycles. The highest BCUT2D eigenvalue weighted by atomic mass is 16.4. The molecule has 7 nitrogen and oxygen atoms in total. The lowest BCUT2D eigenvalue weighted by molar-refractivity contribution is -0.225. The van der Waals surface area contributed by atoms with E-state index in [2.05, 4.69) is 74.7 Å². The van der Waals surface area contributed by atoms with Crippen molar-refractivity contribution in [3.63, 3.8) is 0 Å². The van der Waals surface area contributed by atoms with Crippen LogP contribution in [0.3, 0.4) is 0 Å². The molecule has 5 aliphatic carbocycles. The molecule has 1 heterocycles. The molecule has 2 aromatic rings. The van der Waals surface area contributed by atoms with Crippen LogP contribution < -0.4 is 5.32 Å². The van der Waals surface area contributed by atoms with Gasteiger partial charge in [-0.25, -0.2) is 4.79 Å². The van der Waals surface area contributed by atoms with Gasteiger partial charge in [0.2, 0.25) is 5.91 Å². The number of carbonyl (C=O) groups is 2. The molecule has 7 heteroatoms. The normalized spacial score (nSPS) is 39.8. The number of carboxylic acid groups (broad SMARTS) is 1. The maximum Gasteiger partial charge on any atom is 0.335 e. The Labute approximate surface area is 293 Å². The van der Waals surface area contributed by atoms with E-state index in [4.69, 9.17) is 0 Å². The highest BCUT2D eigenvalue weighted by molar-refractivity contribution is 5.88. The number of H-pyrrole nitrogens is 1. The van der Waals surface area contributed by atoms with Gasteiger partial charge < -0.3 is 15.4 Å². The number of nitrogens with zero attached hydrogens (tertiary/aromatic N) is 2. The van der Waals surface area contributed by atoms with Gasteiger partial charge in [-0.05, 0) is 153 Å². The molecule has 49 heavy (non-hydrogen) atoms. The van der Waals surface area contributed by atoms with Crippen molar-refractivity contribution >= 4 is 17.4 Å². The average Bonchev–Trinajstić information content (AvgIpc) is 3.66. The smallest absolute Gasteiger partial charge is 0.335 e. The van der Waals surface area contributed by atoms with E-state index in [-0.39, 0.29) is 39.0 Å². The number of rotatable bonds is 6. The third-order valence-electron chi connectivity index (χ3n) is 15.9. The van der Waals surface area contributed by atoms with E-state index in [9.17, 15) is 14.7 Å². The topological polar surface area (TPSA) is 108 Å². The number of benzene rings is 1. The number of aromatic nitrogens is 3. The van der Waals surface area contributed by atoms with Crippen molar-refractivity contribution < 1.29 is 14.7 Å². The summed E-state index contributed by atoms with van der Waals surface area (Å²) >= 11 is 0. The lowest BCUT2D eigenvalue weighted by Crippen LogP contribution is -2.66. The molecule has 1 amide bonds. The number of carboxylic acids is 1. The molecule has 0 spiro atoms. The maximum atomic E-state index is 14.6. The second kappa shape index (κ2) is 11.4. The molecule has 0 saturated heterocycles. The number of hydrogen-bond donors (Lipinski definition) is 3. The van der Waals surface area contributed by atoms with Gasteiger partial charge in [0.1, 0.15) is 5.82 Å². The van der Waals surface area contributed by atoms with E-state index in [1.807, 2.05) is 26.0 Å². The van der Waals surface area contributed by atoms with Gasteiger partial charge >= 0.3 is 5.97 Å². The van der Waals surface area contributed by atoms with Gasteiger partial charge in [0.05, 0.1) is 17.0 Å². The average molecular weight is 667 g/mol. The van der Waals surface area contributed by atoms with Crippen LogP contribution in [0.15, 0.2) is 42.5 Å². The van der Waals surface area contributed by atoms with Crippen LogP contribution in [0.2, 0.25) is 0 Å². The van der Waals surface area contributed by atoms with Crippen molar-refractivity contribution in [3.8, 4) is 0 Å². The van der Waals surface area contributed by atoms with Crippen LogP contribution >= 0.6 is 0 Å². The molecule has 3 N–H and O–H groups in total. The Kier molecular flexibility index (Phi) is 7.96. The van der Waals surface area contributed by atoms with E-state index in [0.717, 1.165) is 49.3 Å². The second-order valence-corrected chi connectivity index (χ2v) is 18.3. The molecule has 7 rings (SSSR count). The Morgan fingerprint density at radius 2 is 1.65 bits per heavy atom. The Morgan fingerprint density at radius 1 is 0.939 bits per heavy atom. The lowest BCUT2D eigenvalue weighted by atomic mass is 9.32. The fourth-order valence-electron chi connectivity index (χ4n) is 13.4. The van der Waals surface area contributed by atoms with Gasteiger partial charge in [-0.15, -0.1) is 10.2 Å². The van der Waals surface area contributed by atoms with Crippen LogP contribution in [0.4, 0.5) is 0 Å². The molecule has 1 aromatic heterocycles. The van der Waals surface area contributed by atoms with Gasteiger partial charge in [0, 0.05) is 0 Å². The number of nitrogens with one attached hydrogen (secondary N) is 2. The van der Waals surface area contributed by atoms with Crippen LogP contribution in [-0.4, -0.2) is 32.2 Å². The number of fused-ring (bicyclic) bond motifs is 7. The summed E-state index contributed by atoms with van der Waals surface area (Å²) in [4.78, 5) is 29.4. The minimum Gasteiger partial charge on any atom is -0.478 e. The predicted molar refractivity (Wildman–Crippen MR) is 193 cm³/mol. The van der Waals surface area contributed by atoms with Gasteiger partial charge in [0.15, 0.2) is 5.82 Å². The van der Waals surface area contributed by atoms with Gasteiger partial charge in [-0.2, -0.15) is 0 Å². The minimum absolute atomic E-state index is 0.0219. The van der Waals surface area contributed by atoms with Crippen molar-refractivity contribution in [2.45, 2.75) is 119 Å². The van der Waals surface area contributed by atoms with E-state index in [1.54, 1.807) is 12.1 Å². The molecule has 10 atom stereocenters. The standard InChI is InChI=1S/C42H58N4O3/c1-24(2)29-16-21-42(37(49)43-25(3)35-44-26(4)45-46-35)23-22-40(8)31(34(29)42)14-15-33-39(7)19-17-30(27-10-12-28(13-11-27)36(47)48)38(5,6)32(39)18-20-41(33,40)9/h10-13,17,25,29,31-34H,1,14-16,18-23H2,2-9H3,(H,43,49)(H,47,48)(H,44,45,46)/t25?,29-,31+,32-,33+,34+,39-,40+,41+,42-/m0/s1. The summed E-state index contributed by atoms with van der Waals surface area (Å²) in [6, 6.07) is 7.31. The molecule has 1 aromatic carbocycles. The highest BCUT2D eigenvalue weighted by Gasteiger charge is 2.71. The Balaban J connectivity index is 1.21. The van der Waals surface area contributed by atoms with Crippen molar-refractivity contribution in [1.29, 1.82) is 0 Å². The molecule has 0 bridgehead atoms. The molecule has 4 fully saturated rings. The first-order valence-electron chi connectivity index (χ1n) is 18.9. The van der Waals surface area contributed by atoms with Crippen LogP contribution in [0.5, 0.6) is 0 Å². The van der Waals surface area contributed by atoms with Crippen molar-refractivity contribution in [2.24, 2.45) is 56.7 Å². The number of aromatic carboxylic acids is 1. The molecule has 1 unspecified atom stereocenters. The highest BCUT2D eigenvalue weighted by Crippen LogP contribution is 2.77. The summed E-state index contributed by atoms with van der Waals surface area (Å²) < 4.78 is 0. The number of hydrogen-bond acceptors (Lipinski definition) is 4. The van der Waals surface area contributed by atoms with Gasteiger partial charge in [0.25, 0.3) is 0 Å². The first kappa shape index (κ1) is 34.2. The zero-order valence-electron chi connectivity index (χ0n) is 31.1. The molecular formula is C42H58N4O3. The van der Waals surface area contributed by atoms with Crippen LogP contribution in [-0.2, 0) is 4.79 Å². The predicted octanol–water partition coefficient (Wildman–Crippen LogP) is 9.34. The molecular weight excluding hydrogens is 608 g/mol. The first-order chi connectivity index (χ1) is 23.0. The van der Waals surface area contributed by atoms with Gasteiger partial charge in [-0.3, -0.25) is 4.79 Å². The number of allylic oxidation sites excluding steroid dienone is 3. The lowest BCUT2D eigenvalue weighted by Gasteiger charge is -2.72. The first-order valence-corrected chi connectivity index (χ1v) is 18.9. The van der Waals surface area contributed by atoms with E-state index < -0.39 is 5.97 Å². The third kappa shape index (κ3) is 4.79. The van der Waals surface area contributed by atoms with Crippen LogP contribution in [0.1, 0.15) is 140 Å². The fraction of sp³-hybridized carbons (Fsp3) is 0.667. The van der Waals surface area contributed by atoms with Crippen molar-refractivity contribution in [2.75, 3.05) is 0 Å². The summed E-state index contributed by atoms with van der Waals surface area (Å²) in [6.07, 6.45) is 12.4. The van der Waals surface area contributed by atoms with Gasteiger partial charge in [-0.1, -0.05) is 65.0 Å². The number of aryl methyl sites for hydroxylation is 1. The summed E-state index contributed by atoms with van der Waals surface area (Å²) in [5.74, 6) is 3.11. The van der Waals surface area contributed by atoms with Crippen molar-refractivity contribution in [3.05, 3.63) is 65.3 Å². The molecule has 5 aliphatic rings. The van der Waals surface area contributed by atoms with E-state index >= 15 is 0 Å². The van der Waals surface area contributed by atoms with E-state index in [0.29, 0.717) is 35.2 Å². The number of carbonyl (C=O) groups excluding carboxylic acids is 1. The Hall–Kier alpha value is -3.22. The molecule has 4 saturated carbocycles. The maximum absolute atomic E-state index is 14.6. The van der Waals surface area contributed by atoms with Crippen LogP contribution in [0.25, 0.3) is 5.57 Å². The largest absolute Gasteiger partial charge is 0.478 e. The number of amides is 1. The molecule has 0 radical (unpaired) electrons. The zero-order chi connectivity index (χ0) is 35.3. The molecule has 264 valence electrons. The number of aromatic amines is 1. The second-order valence-electron chi connectivity index (χ2n) is 18.3. The SMILES string of the molecule is C=C(C)[C@@H]1CC[C@]2(C(=O)NC(C)c3nnc(C)[nH]3)CC[C@]3(C)[C@H](CC[C@@H]4[C@@]5(C)CC=C(c6ccc(C(=O)O)cc6)C(C)(C)[C@@H]5CC[C@]43C)[C@@H]12. The van der Waals surface area contributed by atoms with Crippen molar-refractivity contribution in [1.82, 2.24) is 20.5 Å². The zero-order valence-corrected chi connectivity index (χ0v) is 31.1. The van der Waals surface area contributed by atoms with Crippen LogP contribution in [0, 0.1) is 63.6 Å². The Bertz CT molecular complexity index is 1710. The minimum atomic E-state index is -0.879. The summed E-state index contributed by atoms with van der Waals surface area (Å²) in [5.41, 5.74) is 4.21.